The summed E-state index contributed by atoms with van der Waals surface area (Å²) in [5.74, 6) is -5.24. The number of carbonyl (C=O) groups excluding carboxylic acids is 1. The predicted molar refractivity (Wildman–Crippen MR) is 51.0 cm³/mol. The highest BCUT2D eigenvalue weighted by molar-refractivity contribution is 5.75. The quantitative estimate of drug-likeness (QED) is 0.667. The highest BCUT2D eigenvalue weighted by Gasteiger charge is 2.30. The number of aromatic hydroxyl groups is 1. The van der Waals surface area contributed by atoms with Gasteiger partial charge >= 0.3 is 5.97 Å². The van der Waals surface area contributed by atoms with Crippen molar-refractivity contribution in [1.29, 1.82) is 0 Å². The Labute approximate surface area is 94.9 Å². The third-order valence-corrected chi connectivity index (χ3v) is 2.15. The van der Waals surface area contributed by atoms with Gasteiger partial charge in [0.05, 0.1) is 7.11 Å². The number of phenolic OH excluding ortho intramolecular Hbond substituents is 1. The molecule has 0 aliphatic heterocycles. The zero-order chi connectivity index (χ0) is 13.2. The first kappa shape index (κ1) is 13.3. The molecule has 0 amide bonds. The Hall–Kier alpha value is -1.73. The second kappa shape index (κ2) is 5.07. The van der Waals surface area contributed by atoms with Crippen LogP contribution < -0.4 is 0 Å². The molecule has 3 N–H and O–H groups in total. The van der Waals surface area contributed by atoms with E-state index in [0.717, 1.165) is 19.2 Å². The minimum absolute atomic E-state index is 0.654. The van der Waals surface area contributed by atoms with Gasteiger partial charge in [-0.1, -0.05) is 0 Å². The van der Waals surface area contributed by atoms with Crippen LogP contribution in [0.1, 0.15) is 11.7 Å². The summed E-state index contributed by atoms with van der Waals surface area (Å²) in [6.45, 7) is 0. The predicted octanol–water partition coefficient (Wildman–Crippen LogP) is 0.238. The van der Waals surface area contributed by atoms with Gasteiger partial charge in [-0.2, -0.15) is 4.39 Å². The average molecular weight is 248 g/mol. The Balaban J connectivity index is 3.09. The molecule has 0 saturated carbocycles. The molecule has 0 aliphatic rings. The van der Waals surface area contributed by atoms with Gasteiger partial charge in [0, 0.05) is 5.56 Å². The van der Waals surface area contributed by atoms with Crippen molar-refractivity contribution < 1.29 is 33.6 Å². The Kier molecular flexibility index (Phi) is 3.97. The van der Waals surface area contributed by atoms with E-state index in [-0.39, 0.29) is 0 Å². The van der Waals surface area contributed by atoms with Gasteiger partial charge in [0.1, 0.15) is 6.10 Å². The van der Waals surface area contributed by atoms with Crippen molar-refractivity contribution in [2.75, 3.05) is 7.11 Å². The van der Waals surface area contributed by atoms with Crippen LogP contribution in [0.5, 0.6) is 5.75 Å². The van der Waals surface area contributed by atoms with E-state index in [4.69, 9.17) is 5.11 Å². The molecule has 7 heteroatoms. The van der Waals surface area contributed by atoms with Gasteiger partial charge in [-0.15, -0.1) is 0 Å². The van der Waals surface area contributed by atoms with Crippen molar-refractivity contribution in [3.63, 3.8) is 0 Å². The number of phenols is 1. The number of carbonyl (C=O) groups is 1. The molecule has 1 rings (SSSR count). The van der Waals surface area contributed by atoms with Crippen LogP contribution in [-0.4, -0.2) is 34.5 Å². The summed E-state index contributed by atoms with van der Waals surface area (Å²) in [5.41, 5.74) is -0.654. The van der Waals surface area contributed by atoms with Gasteiger partial charge in [0.25, 0.3) is 0 Å². The largest absolute Gasteiger partial charge is 0.505 e. The van der Waals surface area contributed by atoms with E-state index in [0.29, 0.717) is 0 Å². The number of halogens is 2. The normalized spacial score (nSPS) is 14.2. The van der Waals surface area contributed by atoms with Crippen LogP contribution in [-0.2, 0) is 9.53 Å². The first-order valence-corrected chi connectivity index (χ1v) is 4.51. The molecule has 0 saturated heterocycles. The molecule has 94 valence electrons. The van der Waals surface area contributed by atoms with Gasteiger partial charge in [0.2, 0.25) is 5.82 Å². The number of aliphatic hydroxyl groups is 2. The summed E-state index contributed by atoms with van der Waals surface area (Å²) < 4.78 is 30.4. The summed E-state index contributed by atoms with van der Waals surface area (Å²) in [4.78, 5) is 10.9. The number of aliphatic hydroxyl groups excluding tert-OH is 2. The lowest BCUT2D eigenvalue weighted by atomic mass is 10.0. The number of benzene rings is 1. The zero-order valence-electron chi connectivity index (χ0n) is 8.72. The molecule has 0 radical (unpaired) electrons. The summed E-state index contributed by atoms with van der Waals surface area (Å²) in [7, 11) is 0.964. The topological polar surface area (TPSA) is 87.0 Å². The Morgan fingerprint density at radius 1 is 1.29 bits per heavy atom. The van der Waals surface area contributed by atoms with Gasteiger partial charge < -0.3 is 20.1 Å². The van der Waals surface area contributed by atoms with E-state index in [1.54, 1.807) is 0 Å². The van der Waals surface area contributed by atoms with E-state index in [1.165, 1.54) is 0 Å². The molecule has 1 aromatic carbocycles. The van der Waals surface area contributed by atoms with Gasteiger partial charge in [-0.05, 0) is 12.1 Å². The molecule has 0 aliphatic carbocycles. The summed E-state index contributed by atoms with van der Waals surface area (Å²) in [5, 5.41) is 27.5. The second-order valence-electron chi connectivity index (χ2n) is 3.21. The molecule has 0 bridgehead atoms. The minimum atomic E-state index is -2.04. The van der Waals surface area contributed by atoms with Crippen molar-refractivity contribution in [2.45, 2.75) is 12.2 Å². The number of rotatable bonds is 3. The summed E-state index contributed by atoms with van der Waals surface area (Å²) in [6, 6.07) is 1.64. The van der Waals surface area contributed by atoms with Crippen molar-refractivity contribution in [3.05, 3.63) is 29.3 Å². The van der Waals surface area contributed by atoms with Crippen LogP contribution in [0.15, 0.2) is 12.1 Å². The first-order chi connectivity index (χ1) is 7.90. The van der Waals surface area contributed by atoms with Gasteiger partial charge in [0.15, 0.2) is 17.7 Å². The lowest BCUT2D eigenvalue weighted by molar-refractivity contribution is -0.156. The van der Waals surface area contributed by atoms with E-state index in [2.05, 4.69) is 4.74 Å². The molecule has 2 unspecified atom stereocenters. The highest BCUT2D eigenvalue weighted by atomic mass is 19.2. The van der Waals surface area contributed by atoms with Crippen LogP contribution in [0.4, 0.5) is 8.78 Å². The Morgan fingerprint density at radius 2 is 1.88 bits per heavy atom. The standard InChI is InChI=1S/C10H10F2O5/c1-17-10(16)9(15)8(14)4-2-3-5(13)7(12)6(4)11/h2-3,8-9,13-15H,1H3. The van der Waals surface area contributed by atoms with Crippen LogP contribution in [0.2, 0.25) is 0 Å². The zero-order valence-corrected chi connectivity index (χ0v) is 8.72. The molecule has 0 aromatic heterocycles. The molecular weight excluding hydrogens is 238 g/mol. The lowest BCUT2D eigenvalue weighted by Crippen LogP contribution is -2.29. The van der Waals surface area contributed by atoms with Crippen molar-refractivity contribution in [2.24, 2.45) is 0 Å². The molecule has 17 heavy (non-hydrogen) atoms. The Morgan fingerprint density at radius 3 is 2.41 bits per heavy atom. The monoisotopic (exact) mass is 248 g/mol. The van der Waals surface area contributed by atoms with Crippen LogP contribution >= 0.6 is 0 Å². The minimum Gasteiger partial charge on any atom is -0.505 e. The lowest BCUT2D eigenvalue weighted by Gasteiger charge is -2.16. The summed E-state index contributed by atoms with van der Waals surface area (Å²) in [6.07, 6.45) is -4.03. The van der Waals surface area contributed by atoms with E-state index < -0.39 is 41.1 Å². The molecule has 0 spiro atoms. The number of hydrogen-bond donors (Lipinski definition) is 3. The van der Waals surface area contributed by atoms with Crippen LogP contribution in [0, 0.1) is 11.6 Å². The molecule has 1 aromatic rings. The van der Waals surface area contributed by atoms with E-state index in [1.807, 2.05) is 0 Å². The van der Waals surface area contributed by atoms with Crippen molar-refractivity contribution >= 4 is 5.97 Å². The van der Waals surface area contributed by atoms with Crippen LogP contribution in [0.25, 0.3) is 0 Å². The molecule has 0 heterocycles. The maximum atomic E-state index is 13.3. The smallest absolute Gasteiger partial charge is 0.337 e. The second-order valence-corrected chi connectivity index (χ2v) is 3.21. The third kappa shape index (κ3) is 2.51. The maximum absolute atomic E-state index is 13.3. The van der Waals surface area contributed by atoms with Crippen molar-refractivity contribution in [3.8, 4) is 5.75 Å². The number of esters is 1. The van der Waals surface area contributed by atoms with Gasteiger partial charge in [-0.3, -0.25) is 0 Å². The Bertz CT molecular complexity index is 435. The van der Waals surface area contributed by atoms with Crippen molar-refractivity contribution in [1.82, 2.24) is 0 Å². The van der Waals surface area contributed by atoms with E-state index >= 15 is 0 Å². The highest BCUT2D eigenvalue weighted by Crippen LogP contribution is 2.27. The van der Waals surface area contributed by atoms with Gasteiger partial charge in [-0.25, -0.2) is 9.18 Å². The molecular formula is C10H10F2O5. The first-order valence-electron chi connectivity index (χ1n) is 4.51. The number of hydrogen-bond acceptors (Lipinski definition) is 5. The average Bonchev–Trinajstić information content (AvgIpc) is 2.33. The molecule has 2 atom stereocenters. The maximum Gasteiger partial charge on any atom is 0.337 e. The van der Waals surface area contributed by atoms with E-state index in [9.17, 15) is 23.8 Å². The summed E-state index contributed by atoms with van der Waals surface area (Å²) >= 11 is 0. The number of ether oxygens (including phenoxy) is 1. The number of methoxy groups -OCH3 is 1. The third-order valence-electron chi connectivity index (χ3n) is 2.15. The fourth-order valence-electron chi connectivity index (χ4n) is 1.20. The fraction of sp³-hybridized carbons (Fsp3) is 0.300. The molecule has 0 fully saturated rings. The van der Waals surface area contributed by atoms with Crippen LogP contribution in [0.3, 0.4) is 0 Å². The fourth-order valence-corrected chi connectivity index (χ4v) is 1.20. The SMILES string of the molecule is COC(=O)C(O)C(O)c1ccc(O)c(F)c1F. The molecule has 5 nitrogen and oxygen atoms in total.